The van der Waals surface area contributed by atoms with Crippen molar-refractivity contribution >= 4 is 16.9 Å². The van der Waals surface area contributed by atoms with E-state index in [1.165, 1.54) is 0 Å². The minimum atomic E-state index is -0.928. The molecule has 5 nitrogen and oxygen atoms in total. The van der Waals surface area contributed by atoms with Gasteiger partial charge < -0.3 is 20.4 Å². The SMILES string of the molecule is O=C(CO)SCCC(CO)(CO)CO. The Balaban J connectivity index is 3.88. The maximum absolute atomic E-state index is 10.7. The molecule has 0 aromatic rings. The maximum Gasteiger partial charge on any atom is 0.214 e. The lowest BCUT2D eigenvalue weighted by Gasteiger charge is -2.26. The van der Waals surface area contributed by atoms with Gasteiger partial charge in [-0.15, -0.1) is 0 Å². The summed E-state index contributed by atoms with van der Waals surface area (Å²) in [6.45, 7) is -1.50. The van der Waals surface area contributed by atoms with E-state index in [2.05, 4.69) is 0 Å². The molecule has 0 spiro atoms. The highest BCUT2D eigenvalue weighted by atomic mass is 32.2. The lowest BCUT2D eigenvalue weighted by atomic mass is 9.88. The minimum Gasteiger partial charge on any atom is -0.396 e. The van der Waals surface area contributed by atoms with Crippen LogP contribution in [-0.2, 0) is 4.79 Å². The third-order valence-corrected chi connectivity index (χ3v) is 2.89. The second kappa shape index (κ2) is 7.19. The molecule has 0 unspecified atom stereocenters. The Bertz CT molecular complexity index is 161. The molecule has 0 aromatic carbocycles. The zero-order valence-electron chi connectivity index (χ0n) is 7.85. The zero-order chi connectivity index (χ0) is 11.0. The monoisotopic (exact) mass is 224 g/mol. The Kier molecular flexibility index (Phi) is 7.12. The van der Waals surface area contributed by atoms with Crippen LogP contribution in [0.4, 0.5) is 0 Å². The molecule has 0 saturated heterocycles. The largest absolute Gasteiger partial charge is 0.396 e. The van der Waals surface area contributed by atoms with Crippen LogP contribution in [0.25, 0.3) is 0 Å². The van der Waals surface area contributed by atoms with E-state index in [0.29, 0.717) is 12.2 Å². The molecule has 0 rings (SSSR count). The number of rotatable bonds is 7. The van der Waals surface area contributed by atoms with E-state index in [1.54, 1.807) is 0 Å². The van der Waals surface area contributed by atoms with Crippen molar-refractivity contribution in [1.82, 2.24) is 0 Å². The first-order valence-corrected chi connectivity index (χ1v) is 5.22. The summed E-state index contributed by atoms with van der Waals surface area (Å²) in [5.41, 5.74) is -0.928. The van der Waals surface area contributed by atoms with Crippen LogP contribution in [-0.4, -0.2) is 57.7 Å². The average Bonchev–Trinajstić information content (AvgIpc) is 2.25. The summed E-state index contributed by atoms with van der Waals surface area (Å²) >= 11 is 0.927. The second-order valence-electron chi connectivity index (χ2n) is 3.10. The van der Waals surface area contributed by atoms with Crippen LogP contribution >= 0.6 is 11.8 Å². The third kappa shape index (κ3) is 4.39. The van der Waals surface area contributed by atoms with Gasteiger partial charge >= 0.3 is 0 Å². The molecule has 0 aliphatic heterocycles. The summed E-state index contributed by atoms with van der Waals surface area (Å²) in [7, 11) is 0. The van der Waals surface area contributed by atoms with Crippen molar-refractivity contribution in [2.24, 2.45) is 5.41 Å². The first-order chi connectivity index (χ1) is 6.64. The smallest absolute Gasteiger partial charge is 0.214 e. The van der Waals surface area contributed by atoms with Crippen molar-refractivity contribution in [3.05, 3.63) is 0 Å². The van der Waals surface area contributed by atoms with Crippen molar-refractivity contribution in [2.45, 2.75) is 6.42 Å². The minimum absolute atomic E-state index is 0.326. The van der Waals surface area contributed by atoms with E-state index in [4.69, 9.17) is 20.4 Å². The summed E-state index contributed by atoms with van der Waals surface area (Å²) < 4.78 is 0. The summed E-state index contributed by atoms with van der Waals surface area (Å²) in [4.78, 5) is 10.7. The molecule has 0 radical (unpaired) electrons. The topological polar surface area (TPSA) is 98.0 Å². The summed E-state index contributed by atoms with van der Waals surface area (Å²) in [5, 5.41) is 34.9. The van der Waals surface area contributed by atoms with E-state index >= 15 is 0 Å². The van der Waals surface area contributed by atoms with Gasteiger partial charge in [0.25, 0.3) is 0 Å². The Hall–Kier alpha value is -0.140. The Morgan fingerprint density at radius 1 is 1.07 bits per heavy atom. The molecule has 0 fully saturated rings. The van der Waals surface area contributed by atoms with Crippen molar-refractivity contribution in [3.8, 4) is 0 Å². The van der Waals surface area contributed by atoms with Crippen LogP contribution < -0.4 is 0 Å². The Morgan fingerprint density at radius 3 is 1.93 bits per heavy atom. The van der Waals surface area contributed by atoms with E-state index in [0.717, 1.165) is 11.8 Å². The fourth-order valence-corrected chi connectivity index (χ4v) is 1.67. The molecule has 0 bridgehead atoms. The molecule has 0 amide bonds. The lowest BCUT2D eigenvalue weighted by molar-refractivity contribution is -0.113. The lowest BCUT2D eigenvalue weighted by Crippen LogP contribution is -2.34. The van der Waals surface area contributed by atoms with Crippen molar-refractivity contribution in [1.29, 1.82) is 0 Å². The first-order valence-electron chi connectivity index (χ1n) is 4.23. The van der Waals surface area contributed by atoms with Crippen LogP contribution in [0.1, 0.15) is 6.42 Å². The van der Waals surface area contributed by atoms with Gasteiger partial charge in [-0.2, -0.15) is 0 Å². The molecular formula is C8H16O5S. The van der Waals surface area contributed by atoms with Crippen LogP contribution in [0.5, 0.6) is 0 Å². The number of thioether (sulfide) groups is 1. The fraction of sp³-hybridized carbons (Fsp3) is 0.875. The highest BCUT2D eigenvalue weighted by Crippen LogP contribution is 2.22. The highest BCUT2D eigenvalue weighted by Gasteiger charge is 2.27. The zero-order valence-corrected chi connectivity index (χ0v) is 8.66. The second-order valence-corrected chi connectivity index (χ2v) is 4.26. The van der Waals surface area contributed by atoms with Crippen molar-refractivity contribution in [3.63, 3.8) is 0 Å². The average molecular weight is 224 g/mol. The molecule has 14 heavy (non-hydrogen) atoms. The molecule has 0 saturated carbocycles. The van der Waals surface area contributed by atoms with Gasteiger partial charge in [0.15, 0.2) is 0 Å². The number of aliphatic hydroxyl groups is 4. The molecule has 6 heteroatoms. The molecule has 0 aliphatic carbocycles. The maximum atomic E-state index is 10.7. The van der Waals surface area contributed by atoms with Crippen LogP contribution in [0, 0.1) is 5.41 Å². The summed E-state index contributed by atoms with van der Waals surface area (Å²) in [5.74, 6) is 0.362. The third-order valence-electron chi connectivity index (χ3n) is 2.03. The van der Waals surface area contributed by atoms with E-state index in [-0.39, 0.29) is 24.9 Å². The van der Waals surface area contributed by atoms with Crippen LogP contribution in [0.2, 0.25) is 0 Å². The molecule has 0 aliphatic rings. The van der Waals surface area contributed by atoms with Gasteiger partial charge in [-0.3, -0.25) is 4.79 Å². The summed E-state index contributed by atoms with van der Waals surface area (Å²) in [6, 6.07) is 0. The van der Waals surface area contributed by atoms with Gasteiger partial charge in [-0.05, 0) is 6.42 Å². The highest BCUT2D eigenvalue weighted by molar-refractivity contribution is 8.13. The standard InChI is InChI=1S/C8H16O5S/c9-3-7(13)14-2-1-8(4-10,5-11)6-12/h9-12H,1-6H2. The fourth-order valence-electron chi connectivity index (χ4n) is 0.814. The molecule has 0 atom stereocenters. The van der Waals surface area contributed by atoms with Crippen LogP contribution in [0.15, 0.2) is 0 Å². The predicted molar refractivity (Wildman–Crippen MR) is 52.9 cm³/mol. The number of carbonyl (C=O) groups is 1. The first kappa shape index (κ1) is 13.9. The number of aliphatic hydroxyl groups excluding tert-OH is 4. The number of hydrogen-bond acceptors (Lipinski definition) is 6. The van der Waals surface area contributed by atoms with Gasteiger partial charge in [0.05, 0.1) is 19.8 Å². The molecular weight excluding hydrogens is 208 g/mol. The van der Waals surface area contributed by atoms with Gasteiger partial charge in [-0.25, -0.2) is 0 Å². The van der Waals surface area contributed by atoms with Gasteiger partial charge in [-0.1, -0.05) is 11.8 Å². The van der Waals surface area contributed by atoms with E-state index in [1.807, 2.05) is 0 Å². The van der Waals surface area contributed by atoms with Crippen LogP contribution in [0.3, 0.4) is 0 Å². The Labute approximate surface area is 86.8 Å². The quantitative estimate of drug-likeness (QED) is 0.424. The van der Waals surface area contributed by atoms with Gasteiger partial charge in [0.2, 0.25) is 5.12 Å². The van der Waals surface area contributed by atoms with Crippen molar-refractivity contribution < 1.29 is 25.2 Å². The molecule has 4 N–H and O–H groups in total. The number of hydrogen-bond donors (Lipinski definition) is 4. The number of carbonyl (C=O) groups excluding carboxylic acids is 1. The normalized spacial score (nSPS) is 11.7. The molecule has 84 valence electrons. The van der Waals surface area contributed by atoms with E-state index in [9.17, 15) is 4.79 Å². The predicted octanol–water partition coefficient (Wildman–Crippen LogP) is -1.41. The Morgan fingerprint density at radius 2 is 1.57 bits per heavy atom. The molecule has 0 heterocycles. The van der Waals surface area contributed by atoms with Gasteiger partial charge in [0, 0.05) is 11.2 Å². The summed E-state index contributed by atoms with van der Waals surface area (Å²) in [6.07, 6.45) is 0.326. The van der Waals surface area contributed by atoms with Gasteiger partial charge in [0.1, 0.15) is 6.61 Å². The van der Waals surface area contributed by atoms with Crippen molar-refractivity contribution in [2.75, 3.05) is 32.2 Å². The molecule has 0 aromatic heterocycles. The van der Waals surface area contributed by atoms with E-state index < -0.39 is 12.0 Å².